The summed E-state index contributed by atoms with van der Waals surface area (Å²) >= 11 is 0. The molecule has 0 bridgehead atoms. The van der Waals surface area contributed by atoms with Crippen LogP contribution in [0.2, 0.25) is 0 Å². The van der Waals surface area contributed by atoms with Crippen molar-refractivity contribution in [1.82, 2.24) is 9.97 Å². The molecule has 1 aromatic heterocycles. The number of aryl methyl sites for hydroxylation is 1. The van der Waals surface area contributed by atoms with E-state index in [9.17, 15) is 9.18 Å². The van der Waals surface area contributed by atoms with Crippen molar-refractivity contribution in [3.05, 3.63) is 58.0 Å². The molecule has 5 heteroatoms. The lowest BCUT2D eigenvalue weighted by Crippen LogP contribution is -2.18. The molecule has 0 atom stereocenters. The minimum absolute atomic E-state index is 0.0698. The zero-order chi connectivity index (χ0) is 12.3. The molecule has 88 valence electrons. The lowest BCUT2D eigenvalue weighted by atomic mass is 10.3. The van der Waals surface area contributed by atoms with Crippen LogP contribution in [-0.2, 0) is 6.61 Å². The first-order chi connectivity index (χ1) is 8.16. The minimum atomic E-state index is -0.853. The molecular formula is C12H11FN2O2. The monoisotopic (exact) mass is 234 g/mol. The summed E-state index contributed by atoms with van der Waals surface area (Å²) in [5.41, 5.74) is -0.704. The molecule has 0 fully saturated rings. The highest BCUT2D eigenvalue weighted by Crippen LogP contribution is 2.09. The Kier molecular flexibility index (Phi) is 3.18. The van der Waals surface area contributed by atoms with Crippen LogP contribution in [-0.4, -0.2) is 9.97 Å². The van der Waals surface area contributed by atoms with Crippen LogP contribution in [0, 0.1) is 12.7 Å². The van der Waals surface area contributed by atoms with Gasteiger partial charge in [-0.25, -0.2) is 4.98 Å². The number of hydrogen-bond donors (Lipinski definition) is 1. The third-order valence-corrected chi connectivity index (χ3v) is 2.20. The van der Waals surface area contributed by atoms with Gasteiger partial charge in [0.25, 0.3) is 5.56 Å². The van der Waals surface area contributed by atoms with Gasteiger partial charge in [0, 0.05) is 0 Å². The van der Waals surface area contributed by atoms with Gasteiger partial charge in [0.2, 0.25) is 5.82 Å². The Balaban J connectivity index is 2.13. The summed E-state index contributed by atoms with van der Waals surface area (Å²) in [5.74, 6) is 0.114. The van der Waals surface area contributed by atoms with Gasteiger partial charge in [0.15, 0.2) is 0 Å². The Bertz CT molecular complexity index is 566. The maximum atomic E-state index is 13.0. The molecule has 1 heterocycles. The van der Waals surface area contributed by atoms with Gasteiger partial charge in [0.05, 0.1) is 5.69 Å². The predicted octanol–water partition coefficient (Wildman–Crippen LogP) is 1.80. The molecule has 17 heavy (non-hydrogen) atoms. The fourth-order valence-corrected chi connectivity index (χ4v) is 1.37. The lowest BCUT2D eigenvalue weighted by Gasteiger charge is -2.05. The number of rotatable bonds is 3. The van der Waals surface area contributed by atoms with Crippen LogP contribution in [0.4, 0.5) is 4.39 Å². The van der Waals surface area contributed by atoms with Crippen LogP contribution in [0.3, 0.4) is 0 Å². The molecular weight excluding hydrogens is 223 g/mol. The number of benzene rings is 1. The number of halogens is 1. The van der Waals surface area contributed by atoms with Crippen molar-refractivity contribution < 1.29 is 9.13 Å². The Morgan fingerprint density at radius 3 is 2.71 bits per heavy atom. The maximum Gasteiger partial charge on any atom is 0.287 e. The van der Waals surface area contributed by atoms with Crippen LogP contribution in [0.5, 0.6) is 5.75 Å². The number of ether oxygens (including phenoxy) is 1. The summed E-state index contributed by atoms with van der Waals surface area (Å²) in [6.45, 7) is 1.54. The van der Waals surface area contributed by atoms with Crippen molar-refractivity contribution in [2.24, 2.45) is 0 Å². The van der Waals surface area contributed by atoms with Gasteiger partial charge >= 0.3 is 0 Å². The van der Waals surface area contributed by atoms with Gasteiger partial charge in [-0.3, -0.25) is 4.79 Å². The summed E-state index contributed by atoms with van der Waals surface area (Å²) in [5, 5.41) is 0. The zero-order valence-corrected chi connectivity index (χ0v) is 9.24. The van der Waals surface area contributed by atoms with Crippen molar-refractivity contribution in [2.75, 3.05) is 0 Å². The first-order valence-corrected chi connectivity index (χ1v) is 5.10. The SMILES string of the molecule is Cc1nc(COc2ccccc2)[nH]c(=O)c1F. The Labute approximate surface area is 97.1 Å². The third kappa shape index (κ3) is 2.69. The van der Waals surface area contributed by atoms with E-state index in [2.05, 4.69) is 9.97 Å². The van der Waals surface area contributed by atoms with Gasteiger partial charge in [-0.2, -0.15) is 4.39 Å². The molecule has 2 rings (SSSR count). The van der Waals surface area contributed by atoms with E-state index in [1.54, 1.807) is 12.1 Å². The molecule has 0 saturated carbocycles. The topological polar surface area (TPSA) is 55.0 Å². The second kappa shape index (κ2) is 4.78. The summed E-state index contributed by atoms with van der Waals surface area (Å²) in [6.07, 6.45) is 0. The average Bonchev–Trinajstić information content (AvgIpc) is 2.34. The molecule has 1 aromatic carbocycles. The van der Waals surface area contributed by atoms with Crippen molar-refractivity contribution in [1.29, 1.82) is 0 Å². The Hall–Kier alpha value is -2.17. The zero-order valence-electron chi connectivity index (χ0n) is 9.24. The largest absolute Gasteiger partial charge is 0.486 e. The molecule has 0 unspecified atom stereocenters. The number of aromatic amines is 1. The number of nitrogens with zero attached hydrogens (tertiary/aromatic N) is 1. The van der Waals surface area contributed by atoms with E-state index >= 15 is 0 Å². The minimum Gasteiger partial charge on any atom is -0.486 e. The summed E-state index contributed by atoms with van der Waals surface area (Å²) in [7, 11) is 0. The van der Waals surface area contributed by atoms with Gasteiger partial charge in [-0.1, -0.05) is 18.2 Å². The average molecular weight is 234 g/mol. The highest BCUT2D eigenvalue weighted by Gasteiger charge is 2.07. The van der Waals surface area contributed by atoms with E-state index in [4.69, 9.17) is 4.74 Å². The number of hydrogen-bond acceptors (Lipinski definition) is 3. The molecule has 0 aliphatic rings. The quantitative estimate of drug-likeness (QED) is 0.880. The lowest BCUT2D eigenvalue weighted by molar-refractivity contribution is 0.294. The van der Waals surface area contributed by atoms with E-state index in [1.807, 2.05) is 18.2 Å². The number of aromatic nitrogens is 2. The summed E-state index contributed by atoms with van der Waals surface area (Å²) < 4.78 is 18.4. The predicted molar refractivity (Wildman–Crippen MR) is 60.3 cm³/mol. The van der Waals surface area contributed by atoms with Crippen LogP contribution < -0.4 is 10.3 Å². The molecule has 0 spiro atoms. The number of H-pyrrole nitrogens is 1. The maximum absolute atomic E-state index is 13.0. The van der Waals surface area contributed by atoms with Crippen LogP contribution in [0.15, 0.2) is 35.1 Å². The van der Waals surface area contributed by atoms with Crippen LogP contribution in [0.1, 0.15) is 11.5 Å². The van der Waals surface area contributed by atoms with E-state index in [1.165, 1.54) is 6.92 Å². The standard InChI is InChI=1S/C12H11FN2O2/c1-8-11(13)12(16)15-10(14-8)7-17-9-5-3-2-4-6-9/h2-6H,7H2,1H3,(H,14,15,16). The second-order valence-electron chi connectivity index (χ2n) is 3.51. The smallest absolute Gasteiger partial charge is 0.287 e. The first-order valence-electron chi connectivity index (χ1n) is 5.10. The van der Waals surface area contributed by atoms with Crippen molar-refractivity contribution in [3.8, 4) is 5.75 Å². The molecule has 0 saturated heterocycles. The number of para-hydroxylation sites is 1. The normalized spacial score (nSPS) is 10.2. The second-order valence-corrected chi connectivity index (χ2v) is 3.51. The fourth-order valence-electron chi connectivity index (χ4n) is 1.37. The van der Waals surface area contributed by atoms with Crippen LogP contribution in [0.25, 0.3) is 0 Å². The van der Waals surface area contributed by atoms with Gasteiger partial charge < -0.3 is 9.72 Å². The molecule has 0 radical (unpaired) electrons. The molecule has 0 amide bonds. The third-order valence-electron chi connectivity index (χ3n) is 2.20. The first kappa shape index (κ1) is 11.3. The molecule has 1 N–H and O–H groups in total. The van der Waals surface area contributed by atoms with E-state index in [0.717, 1.165) is 0 Å². The highest BCUT2D eigenvalue weighted by molar-refractivity contribution is 5.21. The Morgan fingerprint density at radius 2 is 2.06 bits per heavy atom. The van der Waals surface area contributed by atoms with E-state index in [0.29, 0.717) is 11.6 Å². The van der Waals surface area contributed by atoms with Crippen LogP contribution >= 0.6 is 0 Å². The van der Waals surface area contributed by atoms with Crippen molar-refractivity contribution in [3.63, 3.8) is 0 Å². The van der Waals surface area contributed by atoms with Gasteiger partial charge in [0.1, 0.15) is 18.2 Å². The van der Waals surface area contributed by atoms with Gasteiger partial charge in [-0.05, 0) is 19.1 Å². The Morgan fingerprint density at radius 1 is 1.35 bits per heavy atom. The molecule has 0 aliphatic carbocycles. The highest BCUT2D eigenvalue weighted by atomic mass is 19.1. The van der Waals surface area contributed by atoms with E-state index in [-0.39, 0.29) is 12.3 Å². The van der Waals surface area contributed by atoms with Gasteiger partial charge in [-0.15, -0.1) is 0 Å². The summed E-state index contributed by atoms with van der Waals surface area (Å²) in [4.78, 5) is 17.4. The number of nitrogens with one attached hydrogen (secondary N) is 1. The molecule has 2 aromatic rings. The molecule has 0 aliphatic heterocycles. The van der Waals surface area contributed by atoms with Crippen molar-refractivity contribution >= 4 is 0 Å². The van der Waals surface area contributed by atoms with E-state index < -0.39 is 11.4 Å². The van der Waals surface area contributed by atoms with Crippen molar-refractivity contribution in [2.45, 2.75) is 13.5 Å². The molecule has 4 nitrogen and oxygen atoms in total. The summed E-state index contributed by atoms with van der Waals surface area (Å²) in [6, 6.07) is 9.11. The fraction of sp³-hybridized carbons (Fsp3) is 0.167.